The number of nitrogens with zero attached hydrogens (tertiary/aromatic N) is 2. The molecule has 7 nitrogen and oxygen atoms in total. The summed E-state index contributed by atoms with van der Waals surface area (Å²) in [5.74, 6) is -1.77. The summed E-state index contributed by atoms with van der Waals surface area (Å²) < 4.78 is 25.1. The molecular formula is C34H25FN2O5. The van der Waals surface area contributed by atoms with Crippen molar-refractivity contribution < 1.29 is 28.2 Å². The van der Waals surface area contributed by atoms with Crippen molar-refractivity contribution in [2.75, 3.05) is 14.2 Å². The molecule has 3 aliphatic rings. The van der Waals surface area contributed by atoms with Crippen molar-refractivity contribution in [2.45, 2.75) is 18.0 Å². The minimum absolute atomic E-state index is 0.235. The molecule has 1 fully saturated rings. The molecular weight excluding hydrogens is 535 g/mol. The van der Waals surface area contributed by atoms with Crippen LogP contribution in [0.5, 0.6) is 11.5 Å². The number of Topliss-reactive ketones (excluding diaryl/α,β-unsaturated/α-hetero) is 3. The van der Waals surface area contributed by atoms with E-state index in [1.165, 1.54) is 38.5 Å². The first kappa shape index (κ1) is 25.8. The summed E-state index contributed by atoms with van der Waals surface area (Å²) in [6.07, 6.45) is 1.65. The van der Waals surface area contributed by atoms with Gasteiger partial charge in [-0.1, -0.05) is 54.6 Å². The molecule has 2 heterocycles. The van der Waals surface area contributed by atoms with E-state index in [1.54, 1.807) is 53.7 Å². The number of methoxy groups -OCH3 is 2. The van der Waals surface area contributed by atoms with E-state index in [-0.39, 0.29) is 17.1 Å². The molecule has 0 radical (unpaired) electrons. The van der Waals surface area contributed by atoms with Crippen molar-refractivity contribution in [2.24, 2.45) is 10.5 Å². The van der Waals surface area contributed by atoms with E-state index in [1.807, 2.05) is 24.3 Å². The molecule has 7 rings (SSSR count). The Hall–Kier alpha value is -5.11. The topological polar surface area (TPSA) is 85.3 Å². The Kier molecular flexibility index (Phi) is 5.83. The average Bonchev–Trinajstić information content (AvgIpc) is 3.46. The molecule has 3 atom stereocenters. The van der Waals surface area contributed by atoms with Crippen molar-refractivity contribution in [1.29, 1.82) is 0 Å². The van der Waals surface area contributed by atoms with Gasteiger partial charge in [-0.3, -0.25) is 19.4 Å². The fraction of sp³-hybridized carbons (Fsp3) is 0.176. The Morgan fingerprint density at radius 1 is 0.833 bits per heavy atom. The molecule has 0 amide bonds. The number of rotatable bonds is 5. The smallest absolute Gasteiger partial charge is 0.187 e. The van der Waals surface area contributed by atoms with Crippen molar-refractivity contribution >= 4 is 23.6 Å². The maximum Gasteiger partial charge on any atom is 0.187 e. The zero-order chi connectivity index (χ0) is 29.2. The highest BCUT2D eigenvalue weighted by Crippen LogP contribution is 2.65. The van der Waals surface area contributed by atoms with Crippen LogP contribution >= 0.6 is 0 Å². The normalized spacial score (nSPS) is 21.2. The van der Waals surface area contributed by atoms with Crippen LogP contribution in [0.4, 0.5) is 4.39 Å². The quantitative estimate of drug-likeness (QED) is 0.232. The molecule has 0 saturated carbocycles. The maximum atomic E-state index is 14.8. The van der Waals surface area contributed by atoms with Crippen molar-refractivity contribution in [1.82, 2.24) is 5.01 Å². The van der Waals surface area contributed by atoms with E-state index in [4.69, 9.17) is 14.6 Å². The van der Waals surface area contributed by atoms with Gasteiger partial charge in [-0.2, -0.15) is 5.10 Å². The van der Waals surface area contributed by atoms with Crippen LogP contribution in [0.15, 0.2) is 96.1 Å². The Morgan fingerprint density at radius 2 is 1.50 bits per heavy atom. The van der Waals surface area contributed by atoms with Crippen molar-refractivity contribution in [3.63, 3.8) is 0 Å². The van der Waals surface area contributed by atoms with Crippen LogP contribution < -0.4 is 9.47 Å². The Morgan fingerprint density at radius 3 is 2.17 bits per heavy atom. The number of benzene rings is 4. The van der Waals surface area contributed by atoms with Crippen LogP contribution in [-0.2, 0) is 0 Å². The van der Waals surface area contributed by atoms with Crippen LogP contribution in [0, 0.1) is 11.2 Å². The maximum absolute atomic E-state index is 14.8. The number of hydrogen-bond acceptors (Lipinski definition) is 7. The first-order valence-corrected chi connectivity index (χ1v) is 13.5. The fourth-order valence-corrected chi connectivity index (χ4v) is 6.98. The first-order chi connectivity index (χ1) is 20.4. The summed E-state index contributed by atoms with van der Waals surface area (Å²) in [6.45, 7) is 0. The Bertz CT molecular complexity index is 1780. The van der Waals surface area contributed by atoms with Gasteiger partial charge in [0.2, 0.25) is 0 Å². The van der Waals surface area contributed by atoms with Gasteiger partial charge >= 0.3 is 0 Å². The molecule has 0 bridgehead atoms. The van der Waals surface area contributed by atoms with E-state index in [9.17, 15) is 18.8 Å². The van der Waals surface area contributed by atoms with Gasteiger partial charge < -0.3 is 9.47 Å². The lowest BCUT2D eigenvalue weighted by Gasteiger charge is -2.36. The number of hydrazone groups is 1. The van der Waals surface area contributed by atoms with Gasteiger partial charge in [0, 0.05) is 34.2 Å². The van der Waals surface area contributed by atoms with Gasteiger partial charge in [0.05, 0.1) is 26.5 Å². The predicted octanol–water partition coefficient (Wildman–Crippen LogP) is 5.65. The molecule has 0 unspecified atom stereocenters. The number of carbonyl (C=O) groups is 3. The van der Waals surface area contributed by atoms with Gasteiger partial charge in [-0.05, 0) is 41.5 Å². The molecule has 0 N–H and O–H groups in total. The van der Waals surface area contributed by atoms with Gasteiger partial charge in [-0.25, -0.2) is 4.39 Å². The summed E-state index contributed by atoms with van der Waals surface area (Å²) in [7, 11) is 3.02. The molecule has 1 saturated heterocycles. The van der Waals surface area contributed by atoms with E-state index in [2.05, 4.69) is 0 Å². The lowest BCUT2D eigenvalue weighted by atomic mass is 9.62. The zero-order valence-corrected chi connectivity index (χ0v) is 22.8. The van der Waals surface area contributed by atoms with E-state index >= 15 is 0 Å². The highest BCUT2D eigenvalue weighted by molar-refractivity contribution is 6.31. The van der Waals surface area contributed by atoms with Gasteiger partial charge in [0.25, 0.3) is 0 Å². The molecule has 1 spiro atoms. The Labute approximate surface area is 241 Å². The van der Waals surface area contributed by atoms with Crippen LogP contribution in [0.2, 0.25) is 0 Å². The van der Waals surface area contributed by atoms with Crippen LogP contribution in [0.3, 0.4) is 0 Å². The summed E-state index contributed by atoms with van der Waals surface area (Å²) in [4.78, 5) is 44.2. The van der Waals surface area contributed by atoms with E-state index in [0.717, 1.165) is 5.56 Å². The van der Waals surface area contributed by atoms with E-state index < -0.39 is 35.0 Å². The first-order valence-electron chi connectivity index (χ1n) is 13.5. The monoisotopic (exact) mass is 560 g/mol. The number of ether oxygens (including phenoxy) is 2. The third-order valence-electron chi connectivity index (χ3n) is 8.75. The third kappa shape index (κ3) is 3.38. The van der Waals surface area contributed by atoms with Crippen molar-refractivity contribution in [3.8, 4) is 11.5 Å². The predicted molar refractivity (Wildman–Crippen MR) is 153 cm³/mol. The van der Waals surface area contributed by atoms with Crippen LogP contribution in [0.25, 0.3) is 0 Å². The molecule has 2 aliphatic heterocycles. The number of ketones is 3. The lowest BCUT2D eigenvalue weighted by molar-refractivity contribution is 0.0585. The minimum Gasteiger partial charge on any atom is -0.497 e. The minimum atomic E-state index is -1.75. The molecule has 42 heavy (non-hydrogen) atoms. The molecule has 0 aromatic heterocycles. The second-order valence-corrected chi connectivity index (χ2v) is 10.6. The van der Waals surface area contributed by atoms with Crippen LogP contribution in [-0.4, -0.2) is 48.8 Å². The molecule has 208 valence electrons. The van der Waals surface area contributed by atoms with Gasteiger partial charge in [-0.15, -0.1) is 0 Å². The largest absolute Gasteiger partial charge is 0.497 e. The second-order valence-electron chi connectivity index (χ2n) is 10.6. The third-order valence-corrected chi connectivity index (χ3v) is 8.75. The number of hydrogen-bond donors (Lipinski definition) is 0. The molecule has 4 aromatic carbocycles. The highest BCUT2D eigenvalue weighted by atomic mass is 19.1. The second kappa shape index (κ2) is 9.48. The fourth-order valence-electron chi connectivity index (χ4n) is 6.98. The number of halogens is 1. The molecule has 4 aromatic rings. The van der Waals surface area contributed by atoms with Crippen LogP contribution in [0.1, 0.15) is 59.7 Å². The summed E-state index contributed by atoms with van der Waals surface area (Å²) >= 11 is 0. The van der Waals surface area contributed by atoms with Crippen molar-refractivity contribution in [3.05, 3.63) is 130 Å². The van der Waals surface area contributed by atoms with Gasteiger partial charge in [0.15, 0.2) is 17.3 Å². The number of fused-ring (bicyclic) bond motifs is 5. The SMILES string of the molecule is COc1ccc([C@@H]2[C@@H](C(=O)c3ccc(F)cc3)N3N=Cc4ccccc4[C@H]3C23C(=O)c2ccccc2C3=O)c(OC)c1. The highest BCUT2D eigenvalue weighted by Gasteiger charge is 2.73. The summed E-state index contributed by atoms with van der Waals surface area (Å²) in [5.41, 5.74) is 1.07. The Balaban J connectivity index is 1.57. The molecule has 8 heteroatoms. The zero-order valence-electron chi connectivity index (χ0n) is 22.8. The van der Waals surface area contributed by atoms with E-state index in [0.29, 0.717) is 33.8 Å². The summed E-state index contributed by atoms with van der Waals surface area (Å²) in [5, 5.41) is 6.34. The standard InChI is InChI=1S/C34H25FN2O5/c1-41-22-15-16-26(27(17-22)42-2)28-29(30(38)19-11-13-21(35)14-12-19)37-31(23-8-4-3-7-20(23)18-36-37)34(28)32(39)24-9-5-6-10-25(24)33(34)40/h3-18,28-29,31H,1-2H3/t28-,29+,31+/m1/s1. The summed E-state index contributed by atoms with van der Waals surface area (Å²) in [6, 6.07) is 22.6. The average molecular weight is 561 g/mol. The molecule has 1 aliphatic carbocycles. The van der Waals surface area contributed by atoms with Gasteiger partial charge in [0.1, 0.15) is 28.8 Å². The number of carbonyl (C=O) groups excluding carboxylic acids is 3. The lowest BCUT2D eigenvalue weighted by Crippen LogP contribution is -2.44.